The molecule has 0 bridgehead atoms. The Labute approximate surface area is 177 Å². The number of rotatable bonds is 6. The summed E-state index contributed by atoms with van der Waals surface area (Å²) in [6.07, 6.45) is 2.78. The molecule has 2 aromatic heterocycles. The summed E-state index contributed by atoms with van der Waals surface area (Å²) >= 11 is 0. The Morgan fingerprint density at radius 2 is 1.73 bits per heavy atom. The van der Waals surface area contributed by atoms with Crippen molar-refractivity contribution in [3.63, 3.8) is 0 Å². The Kier molecular flexibility index (Phi) is 5.36. The number of hydrogen-bond donors (Lipinski definition) is 0. The van der Waals surface area contributed by atoms with Crippen molar-refractivity contribution < 1.29 is 4.52 Å². The normalized spacial score (nSPS) is 11.1. The minimum atomic E-state index is 0.442. The van der Waals surface area contributed by atoms with Gasteiger partial charge < -0.3 is 4.52 Å². The molecule has 0 fully saturated rings. The van der Waals surface area contributed by atoms with E-state index in [0.717, 1.165) is 41.0 Å². The third-order valence-corrected chi connectivity index (χ3v) is 5.47. The van der Waals surface area contributed by atoms with Crippen LogP contribution in [0.25, 0.3) is 34.2 Å². The van der Waals surface area contributed by atoms with E-state index < -0.39 is 0 Å². The van der Waals surface area contributed by atoms with Crippen LogP contribution in [0.1, 0.15) is 29.2 Å². The average molecular weight is 399 g/mol. The molecule has 0 radical (unpaired) electrons. The van der Waals surface area contributed by atoms with Gasteiger partial charge in [-0.05, 0) is 62.9 Å². The molecule has 0 amide bonds. The molecule has 5 heteroatoms. The van der Waals surface area contributed by atoms with E-state index in [9.17, 15) is 0 Å². The fourth-order valence-electron chi connectivity index (χ4n) is 3.97. The van der Waals surface area contributed by atoms with Gasteiger partial charge in [0.1, 0.15) is 0 Å². The lowest BCUT2D eigenvalue weighted by Gasteiger charge is -2.09. The summed E-state index contributed by atoms with van der Waals surface area (Å²) in [4.78, 5) is 4.68. The van der Waals surface area contributed by atoms with Crippen molar-refractivity contribution in [2.75, 3.05) is 0 Å². The molecule has 0 saturated carbocycles. The highest BCUT2D eigenvalue weighted by Gasteiger charge is 2.21. The van der Waals surface area contributed by atoms with Crippen LogP contribution >= 0.6 is 0 Å². The molecule has 5 nitrogen and oxygen atoms in total. The van der Waals surface area contributed by atoms with E-state index in [4.69, 9.17) is 9.62 Å². The molecular formula is C25H26N4O. The van der Waals surface area contributed by atoms with Crippen molar-refractivity contribution in [2.24, 2.45) is 0 Å². The highest BCUT2D eigenvalue weighted by atomic mass is 16.5. The molecule has 4 aromatic rings. The van der Waals surface area contributed by atoms with Gasteiger partial charge in [-0.15, -0.1) is 6.58 Å². The van der Waals surface area contributed by atoms with Crippen molar-refractivity contribution in [1.82, 2.24) is 19.9 Å². The summed E-state index contributed by atoms with van der Waals surface area (Å²) in [5, 5.41) is 9.01. The lowest BCUT2D eigenvalue weighted by Crippen LogP contribution is -1.99. The van der Waals surface area contributed by atoms with Crippen LogP contribution in [0.2, 0.25) is 0 Å². The molecule has 2 aromatic carbocycles. The van der Waals surface area contributed by atoms with E-state index in [2.05, 4.69) is 68.7 Å². The Morgan fingerprint density at radius 3 is 2.37 bits per heavy atom. The zero-order valence-electron chi connectivity index (χ0n) is 17.9. The van der Waals surface area contributed by atoms with Crippen LogP contribution in [0.3, 0.4) is 0 Å². The summed E-state index contributed by atoms with van der Waals surface area (Å²) in [7, 11) is 0. The first-order valence-electron chi connectivity index (χ1n) is 10.2. The lowest BCUT2D eigenvalue weighted by molar-refractivity contribution is 0.430. The van der Waals surface area contributed by atoms with E-state index in [-0.39, 0.29) is 0 Å². The van der Waals surface area contributed by atoms with Crippen LogP contribution < -0.4 is 0 Å². The molecular weight excluding hydrogens is 372 g/mol. The van der Waals surface area contributed by atoms with Crippen LogP contribution in [0.4, 0.5) is 0 Å². The quantitative estimate of drug-likeness (QED) is 0.377. The first-order valence-corrected chi connectivity index (χ1v) is 10.2. The molecule has 0 atom stereocenters. The van der Waals surface area contributed by atoms with Crippen molar-refractivity contribution in [1.29, 1.82) is 0 Å². The van der Waals surface area contributed by atoms with Gasteiger partial charge in [0.2, 0.25) is 5.82 Å². The van der Waals surface area contributed by atoms with Crippen LogP contribution in [0, 0.1) is 20.8 Å². The largest absolute Gasteiger partial charge is 0.332 e. The Morgan fingerprint density at radius 1 is 1.03 bits per heavy atom. The van der Waals surface area contributed by atoms with Crippen molar-refractivity contribution >= 4 is 0 Å². The Balaban J connectivity index is 1.75. The molecule has 0 aliphatic heterocycles. The van der Waals surface area contributed by atoms with E-state index in [1.165, 1.54) is 16.7 Å². The van der Waals surface area contributed by atoms with Crippen molar-refractivity contribution in [3.05, 3.63) is 77.4 Å². The zero-order chi connectivity index (χ0) is 21.3. The molecule has 0 spiro atoms. The number of benzene rings is 2. The maximum Gasteiger partial charge on any atom is 0.279 e. The highest BCUT2D eigenvalue weighted by molar-refractivity contribution is 5.71. The zero-order valence-corrected chi connectivity index (χ0v) is 17.9. The van der Waals surface area contributed by atoms with Gasteiger partial charge in [-0.25, -0.2) is 0 Å². The number of hydrogen-bond acceptors (Lipinski definition) is 4. The summed E-state index contributed by atoms with van der Waals surface area (Å²) in [6.45, 7) is 13.0. The van der Waals surface area contributed by atoms with Gasteiger partial charge in [-0.1, -0.05) is 41.6 Å². The van der Waals surface area contributed by atoms with Gasteiger partial charge in [-0.2, -0.15) is 10.1 Å². The second-order valence-electron chi connectivity index (χ2n) is 7.51. The number of aromatic nitrogens is 4. The maximum atomic E-state index is 5.64. The smallest absolute Gasteiger partial charge is 0.279 e. The molecule has 0 aliphatic rings. The van der Waals surface area contributed by atoms with Crippen molar-refractivity contribution in [3.8, 4) is 34.2 Å². The fourth-order valence-corrected chi connectivity index (χ4v) is 3.97. The van der Waals surface area contributed by atoms with E-state index in [0.29, 0.717) is 11.7 Å². The molecule has 4 rings (SSSR count). The number of allylic oxidation sites excluding steroid dienone is 1. The van der Waals surface area contributed by atoms with Gasteiger partial charge in [0, 0.05) is 23.2 Å². The fraction of sp³-hybridized carbons (Fsp3) is 0.240. The number of aryl methyl sites for hydroxylation is 3. The number of nitrogens with zero attached hydrogens (tertiary/aromatic N) is 4. The molecule has 2 heterocycles. The molecule has 152 valence electrons. The monoisotopic (exact) mass is 398 g/mol. The predicted octanol–water partition coefficient (Wildman–Crippen LogP) is 5.94. The highest BCUT2D eigenvalue weighted by Crippen LogP contribution is 2.32. The second-order valence-corrected chi connectivity index (χ2v) is 7.51. The van der Waals surface area contributed by atoms with Gasteiger partial charge in [-0.3, -0.25) is 4.68 Å². The summed E-state index contributed by atoms with van der Waals surface area (Å²) in [5.74, 6) is 1.02. The third kappa shape index (κ3) is 3.47. The molecule has 0 N–H and O–H groups in total. The molecule has 0 saturated heterocycles. The minimum Gasteiger partial charge on any atom is -0.332 e. The minimum absolute atomic E-state index is 0.442. The molecule has 30 heavy (non-hydrogen) atoms. The van der Waals surface area contributed by atoms with Gasteiger partial charge >= 0.3 is 0 Å². The van der Waals surface area contributed by atoms with Crippen LogP contribution in [-0.2, 0) is 13.0 Å². The molecule has 0 aliphatic carbocycles. The van der Waals surface area contributed by atoms with Crippen molar-refractivity contribution in [2.45, 2.75) is 40.7 Å². The van der Waals surface area contributed by atoms with Gasteiger partial charge in [0.15, 0.2) is 5.69 Å². The van der Waals surface area contributed by atoms with Crippen LogP contribution in [-0.4, -0.2) is 19.9 Å². The van der Waals surface area contributed by atoms with Gasteiger partial charge in [0.05, 0.1) is 5.69 Å². The van der Waals surface area contributed by atoms with E-state index in [1.54, 1.807) is 0 Å². The van der Waals surface area contributed by atoms with Gasteiger partial charge in [0.25, 0.3) is 5.89 Å². The average Bonchev–Trinajstić information content (AvgIpc) is 3.35. The SMILES string of the molecule is C=CCc1c(C)cc(-c2noc(-c3nn(CC)c(-c4ccccc4)c3C)n2)cc1C. The molecule has 0 unspecified atom stereocenters. The maximum absolute atomic E-state index is 5.64. The summed E-state index contributed by atoms with van der Waals surface area (Å²) in [5.41, 5.74) is 8.61. The topological polar surface area (TPSA) is 56.7 Å². The first kappa shape index (κ1) is 19.8. The Bertz CT molecular complexity index is 1180. The van der Waals surface area contributed by atoms with Crippen LogP contribution in [0.15, 0.2) is 59.6 Å². The Hall–Kier alpha value is -3.47. The predicted molar refractivity (Wildman–Crippen MR) is 120 cm³/mol. The van der Waals surface area contributed by atoms with E-state index in [1.807, 2.05) is 29.0 Å². The third-order valence-electron chi connectivity index (χ3n) is 5.47. The first-order chi connectivity index (χ1) is 14.5. The lowest BCUT2D eigenvalue weighted by atomic mass is 9.97. The van der Waals surface area contributed by atoms with E-state index >= 15 is 0 Å². The summed E-state index contributed by atoms with van der Waals surface area (Å²) in [6, 6.07) is 14.5. The summed E-state index contributed by atoms with van der Waals surface area (Å²) < 4.78 is 7.63. The second kappa shape index (κ2) is 8.11. The van der Waals surface area contributed by atoms with Crippen LogP contribution in [0.5, 0.6) is 0 Å². The standard InChI is InChI=1S/C25H26N4O/c1-6-11-21-16(3)14-20(15-17(21)4)24-26-25(30-28-24)22-18(5)23(29(7-2)27-22)19-12-9-8-10-13-19/h6,8-10,12-15H,1,7,11H2,2-5H3.